The smallest absolute Gasteiger partial charge is 0.272 e. The molecule has 0 fully saturated rings. The van der Waals surface area contributed by atoms with Gasteiger partial charge in [0.1, 0.15) is 5.69 Å². The molecule has 1 rings (SSSR count). The summed E-state index contributed by atoms with van der Waals surface area (Å²) in [6, 6.07) is 3.38. The van der Waals surface area contributed by atoms with E-state index in [1.54, 1.807) is 18.7 Å². The van der Waals surface area contributed by atoms with E-state index in [1.807, 2.05) is 6.92 Å². The van der Waals surface area contributed by atoms with E-state index in [0.717, 1.165) is 17.5 Å². The molecule has 0 saturated carbocycles. The van der Waals surface area contributed by atoms with Gasteiger partial charge in [0.2, 0.25) is 0 Å². The summed E-state index contributed by atoms with van der Waals surface area (Å²) >= 11 is 1.67. The molecule has 0 heterocycles. The highest BCUT2D eigenvalue weighted by Crippen LogP contribution is 2.28. The number of nitro groups is 2. The lowest BCUT2D eigenvalue weighted by Crippen LogP contribution is -2.03. The Morgan fingerprint density at radius 2 is 2.05 bits per heavy atom. The first-order valence-electron chi connectivity index (χ1n) is 5.75. The molecule has 8 nitrogen and oxygen atoms in total. The first kappa shape index (κ1) is 15.9. The Bertz CT molecular complexity index is 547. The average molecular weight is 298 g/mol. The zero-order valence-corrected chi connectivity index (χ0v) is 11.8. The number of nitrogens with zero attached hydrogens (tertiary/aromatic N) is 3. The number of non-ortho nitro benzene ring substituents is 1. The second kappa shape index (κ2) is 7.43. The van der Waals surface area contributed by atoms with E-state index < -0.39 is 9.85 Å². The molecule has 0 aliphatic carbocycles. The normalized spacial score (nSPS) is 11.2. The van der Waals surface area contributed by atoms with Crippen molar-refractivity contribution in [2.75, 3.05) is 16.9 Å². The number of hydrogen-bond donors (Lipinski definition) is 1. The molecule has 0 aromatic heterocycles. The molecular weight excluding hydrogens is 284 g/mol. The monoisotopic (exact) mass is 298 g/mol. The van der Waals surface area contributed by atoms with Gasteiger partial charge in [0.15, 0.2) is 0 Å². The van der Waals surface area contributed by atoms with Gasteiger partial charge < -0.3 is 0 Å². The second-order valence-corrected chi connectivity index (χ2v) is 5.09. The highest BCUT2D eigenvalue weighted by molar-refractivity contribution is 7.99. The fourth-order valence-corrected chi connectivity index (χ4v) is 1.88. The molecule has 0 unspecified atom stereocenters. The molecule has 108 valence electrons. The van der Waals surface area contributed by atoms with Crippen LogP contribution in [0.2, 0.25) is 0 Å². The maximum Gasteiger partial charge on any atom is 0.301 e. The lowest BCUT2D eigenvalue weighted by atomic mass is 10.2. The minimum absolute atomic E-state index is 0.126. The van der Waals surface area contributed by atoms with Crippen LogP contribution in [-0.2, 0) is 0 Å². The third-order valence-electron chi connectivity index (χ3n) is 2.27. The van der Waals surface area contributed by atoms with E-state index in [4.69, 9.17) is 0 Å². The van der Waals surface area contributed by atoms with E-state index in [-0.39, 0.29) is 17.1 Å². The van der Waals surface area contributed by atoms with Crippen LogP contribution in [0, 0.1) is 20.2 Å². The number of anilines is 1. The molecular formula is C11H14N4O4S. The first-order chi connectivity index (χ1) is 9.45. The minimum atomic E-state index is -0.680. The Balaban J connectivity index is 2.95. The Hall–Kier alpha value is -2.16. The molecule has 0 radical (unpaired) electrons. The van der Waals surface area contributed by atoms with Crippen LogP contribution < -0.4 is 5.43 Å². The van der Waals surface area contributed by atoms with Crippen molar-refractivity contribution in [3.05, 3.63) is 38.4 Å². The summed E-state index contributed by atoms with van der Waals surface area (Å²) in [5.74, 6) is 1.66. The van der Waals surface area contributed by atoms with E-state index in [9.17, 15) is 20.2 Å². The number of thioether (sulfide) groups is 1. The summed E-state index contributed by atoms with van der Waals surface area (Å²) in [4.78, 5) is 20.2. The first-order valence-corrected chi connectivity index (χ1v) is 6.91. The lowest BCUT2D eigenvalue weighted by molar-refractivity contribution is -0.393. The average Bonchev–Trinajstić information content (AvgIpc) is 2.42. The Labute approximate surface area is 119 Å². The van der Waals surface area contributed by atoms with Crippen LogP contribution in [0.25, 0.3) is 0 Å². The van der Waals surface area contributed by atoms with Crippen LogP contribution >= 0.6 is 11.8 Å². The van der Waals surface area contributed by atoms with Gasteiger partial charge in [0.25, 0.3) is 5.69 Å². The van der Waals surface area contributed by atoms with Gasteiger partial charge in [0.05, 0.1) is 15.9 Å². The maximum atomic E-state index is 10.9. The molecule has 1 aromatic carbocycles. The van der Waals surface area contributed by atoms with Crippen LogP contribution in [0.4, 0.5) is 17.1 Å². The molecule has 0 atom stereocenters. The number of benzene rings is 1. The van der Waals surface area contributed by atoms with Gasteiger partial charge in [0, 0.05) is 17.5 Å². The van der Waals surface area contributed by atoms with Crippen molar-refractivity contribution in [3.63, 3.8) is 0 Å². The molecule has 1 aromatic rings. The Morgan fingerprint density at radius 1 is 1.35 bits per heavy atom. The van der Waals surface area contributed by atoms with Gasteiger partial charge in [-0.2, -0.15) is 16.9 Å². The quantitative estimate of drug-likeness (QED) is 0.470. The van der Waals surface area contributed by atoms with Crippen molar-refractivity contribution in [2.24, 2.45) is 5.10 Å². The van der Waals surface area contributed by atoms with E-state index >= 15 is 0 Å². The molecule has 20 heavy (non-hydrogen) atoms. The minimum Gasteiger partial charge on any atom is -0.272 e. The number of nitro benzene ring substituents is 2. The van der Waals surface area contributed by atoms with Crippen molar-refractivity contribution in [1.82, 2.24) is 0 Å². The third-order valence-corrected chi connectivity index (χ3v) is 3.30. The van der Waals surface area contributed by atoms with Gasteiger partial charge in [-0.25, -0.2) is 0 Å². The predicted molar refractivity (Wildman–Crippen MR) is 79.5 cm³/mol. The summed E-state index contributed by atoms with van der Waals surface area (Å²) in [7, 11) is 0. The van der Waals surface area contributed by atoms with E-state index in [1.165, 1.54) is 12.1 Å². The van der Waals surface area contributed by atoms with Gasteiger partial charge in [-0.15, -0.1) is 0 Å². The predicted octanol–water partition coefficient (Wildman–Crippen LogP) is 3.04. The summed E-state index contributed by atoms with van der Waals surface area (Å²) < 4.78 is 0. The zero-order chi connectivity index (χ0) is 15.1. The van der Waals surface area contributed by atoms with Gasteiger partial charge in [-0.1, -0.05) is 6.92 Å². The number of hydrogen-bond acceptors (Lipinski definition) is 7. The van der Waals surface area contributed by atoms with Gasteiger partial charge >= 0.3 is 5.69 Å². The van der Waals surface area contributed by atoms with Crippen LogP contribution in [0.15, 0.2) is 23.3 Å². The molecule has 0 saturated heterocycles. The molecule has 0 aliphatic rings. The van der Waals surface area contributed by atoms with Crippen LogP contribution in [0.3, 0.4) is 0 Å². The SMILES string of the molecule is CCSC/C(C)=N/Nc1ccc([N+](=O)[O-])cc1[N+](=O)[O-]. The number of hydrazone groups is 1. The maximum absolute atomic E-state index is 10.9. The van der Waals surface area contributed by atoms with Crippen molar-refractivity contribution in [2.45, 2.75) is 13.8 Å². The molecule has 0 aliphatic heterocycles. The largest absolute Gasteiger partial charge is 0.301 e. The van der Waals surface area contributed by atoms with Gasteiger partial charge in [-0.05, 0) is 18.7 Å². The molecule has 0 spiro atoms. The highest BCUT2D eigenvalue weighted by atomic mass is 32.2. The molecule has 9 heteroatoms. The topological polar surface area (TPSA) is 111 Å². The standard InChI is InChI=1S/C11H14N4O4S/c1-3-20-7-8(2)12-13-10-5-4-9(14(16)17)6-11(10)15(18)19/h4-6,13H,3,7H2,1-2H3/b12-8+. The van der Waals surface area contributed by atoms with E-state index in [2.05, 4.69) is 10.5 Å². The summed E-state index contributed by atoms with van der Waals surface area (Å²) in [6.07, 6.45) is 0. The highest BCUT2D eigenvalue weighted by Gasteiger charge is 2.19. The van der Waals surface area contributed by atoms with Crippen molar-refractivity contribution in [1.29, 1.82) is 0 Å². The number of nitrogens with one attached hydrogen (secondary N) is 1. The van der Waals surface area contributed by atoms with Crippen molar-refractivity contribution >= 4 is 34.5 Å². The van der Waals surface area contributed by atoms with Crippen LogP contribution in [0.1, 0.15) is 13.8 Å². The zero-order valence-electron chi connectivity index (χ0n) is 11.0. The van der Waals surface area contributed by atoms with E-state index in [0.29, 0.717) is 5.75 Å². The third kappa shape index (κ3) is 4.50. The molecule has 0 bridgehead atoms. The Morgan fingerprint density at radius 3 is 2.60 bits per heavy atom. The second-order valence-electron chi connectivity index (χ2n) is 3.81. The Kier molecular flexibility index (Phi) is 5.91. The summed E-state index contributed by atoms with van der Waals surface area (Å²) in [5.41, 5.74) is 2.78. The fraction of sp³-hybridized carbons (Fsp3) is 0.364. The lowest BCUT2D eigenvalue weighted by Gasteiger charge is -2.04. The molecule has 0 amide bonds. The number of rotatable bonds is 7. The summed E-state index contributed by atoms with van der Waals surface area (Å²) in [5, 5.41) is 25.5. The van der Waals surface area contributed by atoms with Gasteiger partial charge in [-0.3, -0.25) is 25.7 Å². The van der Waals surface area contributed by atoms with Crippen LogP contribution in [-0.4, -0.2) is 27.1 Å². The summed E-state index contributed by atoms with van der Waals surface area (Å²) in [6.45, 7) is 3.82. The molecule has 1 N–H and O–H groups in total. The van der Waals surface area contributed by atoms with Crippen molar-refractivity contribution in [3.8, 4) is 0 Å². The fourth-order valence-electron chi connectivity index (χ4n) is 1.32. The van der Waals surface area contributed by atoms with Crippen molar-refractivity contribution < 1.29 is 9.85 Å². The van der Waals surface area contributed by atoms with Crippen LogP contribution in [0.5, 0.6) is 0 Å².